The summed E-state index contributed by atoms with van der Waals surface area (Å²) in [4.78, 5) is 2.39. The van der Waals surface area contributed by atoms with Gasteiger partial charge >= 0.3 is 0 Å². The van der Waals surface area contributed by atoms with Crippen molar-refractivity contribution < 1.29 is 24.1 Å². The second kappa shape index (κ2) is 5.00. The Morgan fingerprint density at radius 2 is 2.21 bits per heavy atom. The fourth-order valence-corrected chi connectivity index (χ4v) is 5.44. The highest BCUT2D eigenvalue weighted by Crippen LogP contribution is 2.58. The van der Waals surface area contributed by atoms with E-state index in [1.807, 2.05) is 0 Å². The highest BCUT2D eigenvalue weighted by Gasteiger charge is 2.60. The lowest BCUT2D eigenvalue weighted by Crippen LogP contribution is -2.54. The molecule has 0 radical (unpaired) electrons. The SMILES string of the molecule is COc1c2c(cc3c1OCO3)C13CCC(OC)CC1N(C2)CC3O. The minimum atomic E-state index is -0.369. The van der Waals surface area contributed by atoms with E-state index in [0.717, 1.165) is 42.9 Å². The number of fused-ring (bicyclic) bond motifs is 2. The minimum Gasteiger partial charge on any atom is -0.492 e. The number of hydrogen-bond acceptors (Lipinski definition) is 6. The Bertz CT molecular complexity index is 692. The predicted molar refractivity (Wildman–Crippen MR) is 85.6 cm³/mol. The number of ether oxygens (including phenoxy) is 4. The van der Waals surface area contributed by atoms with Crippen LogP contribution in [0.15, 0.2) is 6.07 Å². The molecule has 3 heterocycles. The molecule has 4 aliphatic rings. The van der Waals surface area contributed by atoms with Crippen molar-refractivity contribution in [2.45, 2.75) is 49.5 Å². The summed E-state index contributed by atoms with van der Waals surface area (Å²) in [5.41, 5.74) is 2.08. The summed E-state index contributed by atoms with van der Waals surface area (Å²) in [5, 5.41) is 11.0. The first-order valence-electron chi connectivity index (χ1n) is 8.64. The zero-order valence-electron chi connectivity index (χ0n) is 14.1. The van der Waals surface area contributed by atoms with E-state index < -0.39 is 0 Å². The van der Waals surface area contributed by atoms with Crippen molar-refractivity contribution in [3.63, 3.8) is 0 Å². The Hall–Kier alpha value is -1.50. The van der Waals surface area contributed by atoms with Crippen molar-refractivity contribution in [3.8, 4) is 17.2 Å². The highest BCUT2D eigenvalue weighted by atomic mass is 16.7. The van der Waals surface area contributed by atoms with Crippen LogP contribution in [0.1, 0.15) is 30.4 Å². The predicted octanol–water partition coefficient (Wildman–Crippen LogP) is 1.42. The van der Waals surface area contributed by atoms with E-state index in [1.165, 1.54) is 5.56 Å². The summed E-state index contributed by atoms with van der Waals surface area (Å²) in [5.74, 6) is 2.21. The van der Waals surface area contributed by atoms with Gasteiger partial charge in [-0.3, -0.25) is 4.90 Å². The third kappa shape index (κ3) is 1.66. The number of nitrogens with zero attached hydrogens (tertiary/aromatic N) is 1. The molecule has 1 aromatic carbocycles. The summed E-state index contributed by atoms with van der Waals surface area (Å²) >= 11 is 0. The van der Waals surface area contributed by atoms with Gasteiger partial charge in [-0.2, -0.15) is 0 Å². The van der Waals surface area contributed by atoms with Gasteiger partial charge in [0.05, 0.1) is 19.3 Å². The van der Waals surface area contributed by atoms with Crippen LogP contribution in [-0.4, -0.2) is 55.8 Å². The molecule has 6 nitrogen and oxygen atoms in total. The van der Waals surface area contributed by atoms with Crippen LogP contribution in [0.3, 0.4) is 0 Å². The molecule has 5 atom stereocenters. The third-order valence-corrected chi connectivity index (χ3v) is 6.53. The standard InChI is InChI=1S/C18H23NO5/c1-21-10-3-4-18-12-6-13-17(24-9-23-13)16(22-2)11(12)7-19(8-15(18)20)14(18)5-10/h6,10,14-15,20H,3-5,7-9H2,1-2H3. The van der Waals surface area contributed by atoms with Gasteiger partial charge in [0, 0.05) is 37.2 Å². The second-order valence-corrected chi connectivity index (χ2v) is 7.30. The maximum absolute atomic E-state index is 11.0. The molecule has 1 aliphatic carbocycles. The summed E-state index contributed by atoms with van der Waals surface area (Å²) < 4.78 is 22.6. The van der Waals surface area contributed by atoms with Crippen LogP contribution in [0.25, 0.3) is 0 Å². The second-order valence-electron chi connectivity index (χ2n) is 7.30. The van der Waals surface area contributed by atoms with E-state index in [-0.39, 0.29) is 24.4 Å². The van der Waals surface area contributed by atoms with Crippen molar-refractivity contribution in [2.24, 2.45) is 0 Å². The van der Waals surface area contributed by atoms with E-state index in [2.05, 4.69) is 11.0 Å². The molecule has 3 aliphatic heterocycles. The molecule has 0 spiro atoms. The fraction of sp³-hybridized carbons (Fsp3) is 0.667. The van der Waals surface area contributed by atoms with Gasteiger partial charge in [-0.25, -0.2) is 0 Å². The van der Waals surface area contributed by atoms with Gasteiger partial charge < -0.3 is 24.1 Å². The molecular formula is C18H23NO5. The van der Waals surface area contributed by atoms with E-state index in [1.54, 1.807) is 14.2 Å². The number of hydrogen-bond donors (Lipinski definition) is 1. The lowest BCUT2D eigenvalue weighted by Gasteiger charge is -2.49. The van der Waals surface area contributed by atoms with E-state index in [4.69, 9.17) is 18.9 Å². The van der Waals surface area contributed by atoms with Gasteiger partial charge in [-0.05, 0) is 30.9 Å². The van der Waals surface area contributed by atoms with Crippen LogP contribution in [0, 0.1) is 0 Å². The number of rotatable bonds is 2. The molecule has 130 valence electrons. The average Bonchev–Trinajstić information content (AvgIpc) is 3.14. The largest absolute Gasteiger partial charge is 0.492 e. The van der Waals surface area contributed by atoms with Crippen LogP contribution in [0.2, 0.25) is 0 Å². The zero-order chi connectivity index (χ0) is 16.5. The average molecular weight is 333 g/mol. The van der Waals surface area contributed by atoms with E-state index in [0.29, 0.717) is 18.3 Å². The van der Waals surface area contributed by atoms with Crippen LogP contribution in [0.5, 0.6) is 17.2 Å². The molecule has 24 heavy (non-hydrogen) atoms. The lowest BCUT2D eigenvalue weighted by atomic mass is 9.62. The van der Waals surface area contributed by atoms with Crippen molar-refractivity contribution in [2.75, 3.05) is 27.6 Å². The number of aliphatic hydroxyl groups is 1. The molecule has 2 bridgehead atoms. The molecule has 1 aromatic rings. The van der Waals surface area contributed by atoms with Crippen molar-refractivity contribution in [3.05, 3.63) is 17.2 Å². The molecule has 5 rings (SSSR count). The summed E-state index contributed by atoms with van der Waals surface area (Å²) in [6.45, 7) is 1.70. The Kier molecular flexibility index (Phi) is 3.09. The Morgan fingerprint density at radius 1 is 1.33 bits per heavy atom. The molecule has 5 unspecified atom stereocenters. The van der Waals surface area contributed by atoms with Gasteiger partial charge in [-0.15, -0.1) is 0 Å². The minimum absolute atomic E-state index is 0.225. The van der Waals surface area contributed by atoms with Crippen LogP contribution < -0.4 is 14.2 Å². The molecule has 1 saturated heterocycles. The monoisotopic (exact) mass is 333 g/mol. The highest BCUT2D eigenvalue weighted by molar-refractivity contribution is 5.63. The first-order chi connectivity index (χ1) is 11.7. The lowest BCUT2D eigenvalue weighted by molar-refractivity contribution is -0.00733. The molecule has 0 aromatic heterocycles. The van der Waals surface area contributed by atoms with Crippen LogP contribution in [-0.2, 0) is 16.7 Å². The van der Waals surface area contributed by atoms with Gasteiger partial charge in [0.25, 0.3) is 0 Å². The van der Waals surface area contributed by atoms with E-state index >= 15 is 0 Å². The number of aliphatic hydroxyl groups excluding tert-OH is 1. The fourth-order valence-electron chi connectivity index (χ4n) is 5.44. The first kappa shape index (κ1) is 14.8. The van der Waals surface area contributed by atoms with Crippen LogP contribution in [0.4, 0.5) is 0 Å². The molecule has 1 saturated carbocycles. The summed E-state index contributed by atoms with van der Waals surface area (Å²) in [6, 6.07) is 2.40. The number of benzene rings is 1. The third-order valence-electron chi connectivity index (χ3n) is 6.53. The van der Waals surface area contributed by atoms with Gasteiger partial charge in [0.1, 0.15) is 0 Å². The Morgan fingerprint density at radius 3 is 3.00 bits per heavy atom. The Labute approximate surface area is 141 Å². The maximum atomic E-state index is 11.0. The molecule has 0 amide bonds. The first-order valence-corrected chi connectivity index (χ1v) is 8.64. The maximum Gasteiger partial charge on any atom is 0.231 e. The van der Waals surface area contributed by atoms with Crippen molar-refractivity contribution in [1.82, 2.24) is 4.90 Å². The summed E-state index contributed by atoms with van der Waals surface area (Å²) in [7, 11) is 3.46. The Balaban J connectivity index is 1.71. The zero-order valence-corrected chi connectivity index (χ0v) is 14.1. The summed E-state index contributed by atoms with van der Waals surface area (Å²) in [6.07, 6.45) is 2.75. The molecule has 2 fully saturated rings. The molecular weight excluding hydrogens is 310 g/mol. The molecule has 1 N–H and O–H groups in total. The molecule has 6 heteroatoms. The van der Waals surface area contributed by atoms with Gasteiger partial charge in [0.15, 0.2) is 11.5 Å². The van der Waals surface area contributed by atoms with Crippen molar-refractivity contribution >= 4 is 0 Å². The van der Waals surface area contributed by atoms with Crippen molar-refractivity contribution in [1.29, 1.82) is 0 Å². The van der Waals surface area contributed by atoms with E-state index in [9.17, 15) is 5.11 Å². The van der Waals surface area contributed by atoms with Gasteiger partial charge in [-0.1, -0.05) is 0 Å². The topological polar surface area (TPSA) is 60.4 Å². The quantitative estimate of drug-likeness (QED) is 0.883. The van der Waals surface area contributed by atoms with Gasteiger partial charge in [0.2, 0.25) is 12.5 Å². The normalized spacial score (nSPS) is 38.6. The smallest absolute Gasteiger partial charge is 0.231 e. The number of methoxy groups -OCH3 is 2. The van der Waals surface area contributed by atoms with Crippen LogP contribution >= 0.6 is 0 Å².